The number of nitrogens with two attached hydrogens (primary N) is 1. The Bertz CT molecular complexity index is 675. The van der Waals surface area contributed by atoms with Crippen molar-refractivity contribution in [3.8, 4) is 0 Å². The largest absolute Gasteiger partial charge is 0.271 e. The Morgan fingerprint density at radius 2 is 2.22 bits per heavy atom. The zero-order valence-corrected chi connectivity index (χ0v) is 11.8. The fraction of sp³-hybridized carbons (Fsp3) is 0.0833. The van der Waals surface area contributed by atoms with Gasteiger partial charge in [0.15, 0.2) is 0 Å². The van der Waals surface area contributed by atoms with E-state index in [0.717, 1.165) is 21.1 Å². The topological polar surface area (TPSA) is 55.3 Å². The number of hydrazine groups is 1. The summed E-state index contributed by atoms with van der Waals surface area (Å²) in [5.74, 6) is 5.71. The van der Waals surface area contributed by atoms with Crippen LogP contribution in [0.4, 0.5) is 0 Å². The summed E-state index contributed by atoms with van der Waals surface area (Å²) in [6, 6.07) is 5.92. The predicted octanol–water partition coefficient (Wildman–Crippen LogP) is 2.71. The fourth-order valence-corrected chi connectivity index (χ4v) is 3.57. The number of hydrogen-bond donors (Lipinski definition) is 2. The zero-order chi connectivity index (χ0) is 12.5. The van der Waals surface area contributed by atoms with E-state index in [9.17, 15) is 0 Å². The normalized spacial score (nSPS) is 13.0. The number of rotatable bonds is 3. The van der Waals surface area contributed by atoms with Gasteiger partial charge in [-0.1, -0.05) is 6.07 Å². The molecule has 18 heavy (non-hydrogen) atoms. The Morgan fingerprint density at radius 1 is 1.33 bits per heavy atom. The molecule has 1 unspecified atom stereocenters. The van der Waals surface area contributed by atoms with Crippen LogP contribution in [0.5, 0.6) is 0 Å². The molecule has 3 N–H and O–H groups in total. The number of fused-ring (bicyclic) bond motifs is 1. The van der Waals surface area contributed by atoms with Crippen molar-refractivity contribution in [2.75, 3.05) is 0 Å². The molecule has 0 aliphatic carbocycles. The minimum absolute atomic E-state index is 0.0643. The molecular formula is C12H11BrN4S. The highest BCUT2D eigenvalue weighted by atomic mass is 79.9. The second-order valence-electron chi connectivity index (χ2n) is 3.91. The number of hydrogen-bond acceptors (Lipinski definition) is 4. The van der Waals surface area contributed by atoms with Gasteiger partial charge in [-0.3, -0.25) is 5.84 Å². The lowest BCUT2D eigenvalue weighted by Gasteiger charge is -2.14. The van der Waals surface area contributed by atoms with Gasteiger partial charge in [0, 0.05) is 21.6 Å². The van der Waals surface area contributed by atoms with Crippen molar-refractivity contribution in [3.05, 3.63) is 57.0 Å². The Balaban J connectivity index is 2.15. The van der Waals surface area contributed by atoms with E-state index in [1.165, 1.54) is 0 Å². The number of halogens is 1. The molecular weight excluding hydrogens is 312 g/mol. The standard InChI is InChI=1S/C12H11BrN4S/c13-10-7-18-6-9(10)12(16-14)8-5-15-17-4-2-1-3-11(8)17/h1-7,12,16H,14H2. The number of nitrogens with one attached hydrogen (secondary N) is 1. The van der Waals surface area contributed by atoms with Gasteiger partial charge in [0.2, 0.25) is 0 Å². The van der Waals surface area contributed by atoms with Gasteiger partial charge in [-0.2, -0.15) is 16.4 Å². The molecule has 0 saturated carbocycles. The average Bonchev–Trinajstić information content (AvgIpc) is 2.99. The van der Waals surface area contributed by atoms with Crippen molar-refractivity contribution in [3.63, 3.8) is 0 Å². The van der Waals surface area contributed by atoms with E-state index in [4.69, 9.17) is 5.84 Å². The summed E-state index contributed by atoms with van der Waals surface area (Å²) in [6.45, 7) is 0. The van der Waals surface area contributed by atoms with Crippen LogP contribution in [0.3, 0.4) is 0 Å². The fourth-order valence-electron chi connectivity index (χ4n) is 2.02. The monoisotopic (exact) mass is 322 g/mol. The van der Waals surface area contributed by atoms with E-state index in [2.05, 4.69) is 31.8 Å². The van der Waals surface area contributed by atoms with E-state index in [0.29, 0.717) is 0 Å². The molecule has 6 heteroatoms. The van der Waals surface area contributed by atoms with Crippen LogP contribution in [0.25, 0.3) is 5.52 Å². The molecule has 0 aliphatic rings. The van der Waals surface area contributed by atoms with Crippen LogP contribution in [0.15, 0.2) is 45.8 Å². The molecule has 0 amide bonds. The van der Waals surface area contributed by atoms with Crippen LogP contribution in [0, 0.1) is 0 Å². The Morgan fingerprint density at radius 3 is 2.94 bits per heavy atom. The van der Waals surface area contributed by atoms with E-state index < -0.39 is 0 Å². The lowest BCUT2D eigenvalue weighted by molar-refractivity contribution is 0.640. The van der Waals surface area contributed by atoms with Crippen molar-refractivity contribution >= 4 is 32.8 Å². The highest BCUT2D eigenvalue weighted by Crippen LogP contribution is 2.32. The summed E-state index contributed by atoms with van der Waals surface area (Å²) in [4.78, 5) is 0. The van der Waals surface area contributed by atoms with Crippen LogP contribution >= 0.6 is 27.3 Å². The molecule has 0 radical (unpaired) electrons. The SMILES string of the molecule is NNC(c1cscc1Br)c1cnn2ccccc12. The molecule has 0 saturated heterocycles. The molecule has 0 fully saturated rings. The van der Waals surface area contributed by atoms with Gasteiger partial charge in [-0.15, -0.1) is 0 Å². The summed E-state index contributed by atoms with van der Waals surface area (Å²) in [5.41, 5.74) is 6.11. The molecule has 4 nitrogen and oxygen atoms in total. The highest BCUT2D eigenvalue weighted by molar-refractivity contribution is 9.10. The maximum absolute atomic E-state index is 5.71. The Kier molecular flexibility index (Phi) is 3.17. The summed E-state index contributed by atoms with van der Waals surface area (Å²) in [7, 11) is 0. The van der Waals surface area contributed by atoms with Crippen molar-refractivity contribution in [2.24, 2.45) is 5.84 Å². The lowest BCUT2D eigenvalue weighted by atomic mass is 10.0. The molecule has 1 atom stereocenters. The molecule has 0 aliphatic heterocycles. The van der Waals surface area contributed by atoms with Crippen LogP contribution < -0.4 is 11.3 Å². The number of thiophene rings is 1. The van der Waals surface area contributed by atoms with Crippen molar-refractivity contribution in [1.29, 1.82) is 0 Å². The van der Waals surface area contributed by atoms with Crippen LogP contribution in [0.1, 0.15) is 17.2 Å². The quantitative estimate of drug-likeness (QED) is 0.576. The summed E-state index contributed by atoms with van der Waals surface area (Å²) in [5, 5.41) is 8.47. The van der Waals surface area contributed by atoms with Crippen LogP contribution in [-0.2, 0) is 0 Å². The smallest absolute Gasteiger partial charge is 0.0766 e. The Hall–Kier alpha value is -1.21. The first-order valence-corrected chi connectivity index (χ1v) is 7.15. The molecule has 0 spiro atoms. The van der Waals surface area contributed by atoms with Crippen molar-refractivity contribution in [2.45, 2.75) is 6.04 Å². The molecule has 3 rings (SSSR count). The maximum atomic E-state index is 5.71. The zero-order valence-electron chi connectivity index (χ0n) is 9.38. The highest BCUT2D eigenvalue weighted by Gasteiger charge is 2.19. The molecule has 3 aromatic heterocycles. The Labute approximate surface area is 117 Å². The van der Waals surface area contributed by atoms with Gasteiger partial charge in [-0.25, -0.2) is 9.94 Å². The molecule has 92 valence electrons. The lowest BCUT2D eigenvalue weighted by Crippen LogP contribution is -2.28. The van der Waals surface area contributed by atoms with Gasteiger partial charge < -0.3 is 0 Å². The summed E-state index contributed by atoms with van der Waals surface area (Å²) >= 11 is 5.19. The second-order valence-corrected chi connectivity index (χ2v) is 5.50. The second kappa shape index (κ2) is 4.81. The van der Waals surface area contributed by atoms with Gasteiger partial charge in [-0.05, 0) is 39.0 Å². The summed E-state index contributed by atoms with van der Waals surface area (Å²) < 4.78 is 2.91. The minimum Gasteiger partial charge on any atom is -0.271 e. The molecule has 0 aromatic carbocycles. The van der Waals surface area contributed by atoms with Gasteiger partial charge >= 0.3 is 0 Å². The van der Waals surface area contributed by atoms with E-state index >= 15 is 0 Å². The van der Waals surface area contributed by atoms with Crippen molar-refractivity contribution < 1.29 is 0 Å². The van der Waals surface area contributed by atoms with E-state index in [1.54, 1.807) is 11.3 Å². The average molecular weight is 323 g/mol. The van der Waals surface area contributed by atoms with E-state index in [1.807, 2.05) is 40.5 Å². The first kappa shape index (κ1) is 11.9. The van der Waals surface area contributed by atoms with Crippen molar-refractivity contribution in [1.82, 2.24) is 15.0 Å². The van der Waals surface area contributed by atoms with Gasteiger partial charge in [0.25, 0.3) is 0 Å². The van der Waals surface area contributed by atoms with Crippen LogP contribution in [0.2, 0.25) is 0 Å². The first-order chi connectivity index (χ1) is 8.81. The predicted molar refractivity (Wildman–Crippen MR) is 76.4 cm³/mol. The van der Waals surface area contributed by atoms with Gasteiger partial charge in [0.05, 0.1) is 17.8 Å². The first-order valence-electron chi connectivity index (χ1n) is 5.41. The van der Waals surface area contributed by atoms with Crippen LogP contribution in [-0.4, -0.2) is 9.61 Å². The van der Waals surface area contributed by atoms with Gasteiger partial charge in [0.1, 0.15) is 0 Å². The summed E-state index contributed by atoms with van der Waals surface area (Å²) in [6.07, 6.45) is 3.78. The maximum Gasteiger partial charge on any atom is 0.0766 e. The third-order valence-corrected chi connectivity index (χ3v) is 4.64. The third-order valence-electron chi connectivity index (χ3n) is 2.89. The number of nitrogens with zero attached hydrogens (tertiary/aromatic N) is 2. The molecule has 0 bridgehead atoms. The molecule has 3 aromatic rings. The third kappa shape index (κ3) is 1.87. The number of pyridine rings is 1. The number of aromatic nitrogens is 2. The molecule has 3 heterocycles. The minimum atomic E-state index is -0.0643. The van der Waals surface area contributed by atoms with E-state index in [-0.39, 0.29) is 6.04 Å².